The van der Waals surface area contributed by atoms with E-state index in [9.17, 15) is 9.90 Å². The normalized spacial score (nSPS) is 24.4. The number of carboxylic acid groups (broad SMARTS) is 1. The molecule has 0 amide bonds. The quantitative estimate of drug-likeness (QED) is 0.861. The fourth-order valence-electron chi connectivity index (χ4n) is 3.53. The van der Waals surface area contributed by atoms with Crippen LogP contribution in [0.25, 0.3) is 0 Å². The molecule has 1 aliphatic rings. The fourth-order valence-corrected chi connectivity index (χ4v) is 3.53. The molecule has 1 aromatic carbocycles. The third kappa shape index (κ3) is 3.13. The first kappa shape index (κ1) is 16.0. The Labute approximate surface area is 128 Å². The lowest BCUT2D eigenvalue weighted by atomic mass is 9.76. The Hall–Kier alpha value is -1.35. The van der Waals surface area contributed by atoms with Gasteiger partial charge >= 0.3 is 5.97 Å². The Kier molecular flexibility index (Phi) is 5.04. The molecule has 1 aliphatic heterocycles. The molecular weight excluding hydrogens is 262 g/mol. The molecule has 0 spiro atoms. The Balaban J connectivity index is 2.22. The lowest BCUT2D eigenvalue weighted by Gasteiger charge is -2.32. The minimum absolute atomic E-state index is 0.165. The van der Waals surface area contributed by atoms with E-state index >= 15 is 0 Å². The van der Waals surface area contributed by atoms with Crippen LogP contribution in [0.1, 0.15) is 51.6 Å². The smallest absolute Gasteiger partial charge is 0.311 e. The summed E-state index contributed by atoms with van der Waals surface area (Å²) < 4.78 is 0. The van der Waals surface area contributed by atoms with Crippen LogP contribution in [0.3, 0.4) is 0 Å². The number of nitrogens with zero attached hydrogens (tertiary/aromatic N) is 1. The largest absolute Gasteiger partial charge is 0.481 e. The maximum atomic E-state index is 11.8. The summed E-state index contributed by atoms with van der Waals surface area (Å²) in [5.41, 5.74) is 0.727. The van der Waals surface area contributed by atoms with Gasteiger partial charge in [0, 0.05) is 12.6 Å². The van der Waals surface area contributed by atoms with E-state index in [-0.39, 0.29) is 5.92 Å². The third-order valence-corrected chi connectivity index (χ3v) is 5.05. The number of carboxylic acids is 1. The highest BCUT2D eigenvalue weighted by Crippen LogP contribution is 2.42. The second kappa shape index (κ2) is 6.61. The molecule has 0 aromatic heterocycles. The number of rotatable bonds is 6. The molecule has 1 saturated heterocycles. The summed E-state index contributed by atoms with van der Waals surface area (Å²) in [5.74, 6) is -0.471. The molecule has 1 aromatic rings. The molecule has 0 radical (unpaired) electrons. The predicted molar refractivity (Wildman–Crippen MR) is 85.2 cm³/mol. The molecule has 0 saturated carbocycles. The zero-order valence-electron chi connectivity index (χ0n) is 13.4. The van der Waals surface area contributed by atoms with Gasteiger partial charge in [0.2, 0.25) is 0 Å². The molecule has 0 bridgehead atoms. The van der Waals surface area contributed by atoms with Gasteiger partial charge in [0.25, 0.3) is 0 Å². The second-order valence-corrected chi connectivity index (χ2v) is 6.55. The van der Waals surface area contributed by atoms with Gasteiger partial charge in [-0.05, 0) is 30.9 Å². The van der Waals surface area contributed by atoms with Gasteiger partial charge in [0.15, 0.2) is 0 Å². The summed E-state index contributed by atoms with van der Waals surface area (Å²) in [6.07, 6.45) is 2.95. The van der Waals surface area contributed by atoms with Crippen molar-refractivity contribution in [2.24, 2.45) is 11.3 Å². The Morgan fingerprint density at radius 3 is 2.48 bits per heavy atom. The highest BCUT2D eigenvalue weighted by Gasteiger charge is 2.48. The van der Waals surface area contributed by atoms with E-state index < -0.39 is 11.4 Å². The van der Waals surface area contributed by atoms with Gasteiger partial charge in [-0.25, -0.2) is 0 Å². The molecule has 21 heavy (non-hydrogen) atoms. The van der Waals surface area contributed by atoms with Crippen molar-refractivity contribution in [2.75, 3.05) is 13.1 Å². The van der Waals surface area contributed by atoms with E-state index in [0.29, 0.717) is 12.6 Å². The lowest BCUT2D eigenvalue weighted by Crippen LogP contribution is -2.40. The second-order valence-electron chi connectivity index (χ2n) is 6.55. The number of likely N-dealkylation sites (tertiary alicyclic amines) is 1. The van der Waals surface area contributed by atoms with Gasteiger partial charge in [-0.1, -0.05) is 57.5 Å². The van der Waals surface area contributed by atoms with Crippen LogP contribution in [0, 0.1) is 11.3 Å². The molecule has 0 aliphatic carbocycles. The third-order valence-electron chi connectivity index (χ3n) is 5.05. The van der Waals surface area contributed by atoms with Crippen molar-refractivity contribution in [3.8, 4) is 0 Å². The van der Waals surface area contributed by atoms with Crippen molar-refractivity contribution >= 4 is 5.97 Å². The van der Waals surface area contributed by atoms with Crippen molar-refractivity contribution in [1.29, 1.82) is 0 Å². The minimum atomic E-state index is -0.636. The molecule has 3 nitrogen and oxygen atoms in total. The Bertz CT molecular complexity index is 471. The van der Waals surface area contributed by atoms with Crippen molar-refractivity contribution in [1.82, 2.24) is 4.90 Å². The molecular formula is C18H27NO2. The van der Waals surface area contributed by atoms with Gasteiger partial charge in [-0.3, -0.25) is 9.69 Å². The zero-order valence-corrected chi connectivity index (χ0v) is 13.4. The SMILES string of the molecule is CCCC(c1ccccc1)N1CCC(C(=O)O)(C(C)C)C1. The van der Waals surface area contributed by atoms with E-state index in [0.717, 1.165) is 25.8 Å². The van der Waals surface area contributed by atoms with Crippen LogP contribution in [0.4, 0.5) is 0 Å². The minimum Gasteiger partial charge on any atom is -0.481 e. The number of hydrogen-bond donors (Lipinski definition) is 1. The van der Waals surface area contributed by atoms with Crippen LogP contribution in [0.5, 0.6) is 0 Å². The van der Waals surface area contributed by atoms with Crippen LogP contribution in [0.2, 0.25) is 0 Å². The molecule has 1 fully saturated rings. The van der Waals surface area contributed by atoms with Crippen molar-refractivity contribution in [3.63, 3.8) is 0 Å². The van der Waals surface area contributed by atoms with Gasteiger partial charge < -0.3 is 5.11 Å². The zero-order chi connectivity index (χ0) is 15.5. The van der Waals surface area contributed by atoms with E-state index in [1.165, 1.54) is 5.56 Å². The van der Waals surface area contributed by atoms with E-state index in [1.54, 1.807) is 0 Å². The lowest BCUT2D eigenvalue weighted by molar-refractivity contribution is -0.151. The Morgan fingerprint density at radius 1 is 1.33 bits per heavy atom. The molecule has 3 heteroatoms. The molecule has 1 N–H and O–H groups in total. The van der Waals surface area contributed by atoms with Crippen LogP contribution in [-0.4, -0.2) is 29.1 Å². The molecule has 2 atom stereocenters. The van der Waals surface area contributed by atoms with E-state index in [1.807, 2.05) is 19.9 Å². The first-order chi connectivity index (χ1) is 10.0. The van der Waals surface area contributed by atoms with Gasteiger partial charge in [0.05, 0.1) is 5.41 Å². The summed E-state index contributed by atoms with van der Waals surface area (Å²) in [7, 11) is 0. The average Bonchev–Trinajstić information content (AvgIpc) is 2.92. The molecule has 2 rings (SSSR count). The summed E-state index contributed by atoms with van der Waals surface area (Å²) in [4.78, 5) is 14.2. The van der Waals surface area contributed by atoms with Crippen LogP contribution >= 0.6 is 0 Å². The number of aliphatic carboxylic acids is 1. The first-order valence-electron chi connectivity index (χ1n) is 8.03. The molecule has 116 valence electrons. The van der Waals surface area contributed by atoms with E-state index in [4.69, 9.17) is 0 Å². The number of carbonyl (C=O) groups is 1. The molecule has 2 unspecified atom stereocenters. The topological polar surface area (TPSA) is 40.5 Å². The average molecular weight is 289 g/mol. The summed E-state index contributed by atoms with van der Waals surface area (Å²) in [6, 6.07) is 10.8. The summed E-state index contributed by atoms with van der Waals surface area (Å²) >= 11 is 0. The van der Waals surface area contributed by atoms with Crippen molar-refractivity contribution < 1.29 is 9.90 Å². The monoisotopic (exact) mass is 289 g/mol. The fraction of sp³-hybridized carbons (Fsp3) is 0.611. The van der Waals surface area contributed by atoms with Gasteiger partial charge in [0.1, 0.15) is 0 Å². The summed E-state index contributed by atoms with van der Waals surface area (Å²) in [6.45, 7) is 7.81. The van der Waals surface area contributed by atoms with Gasteiger partial charge in [-0.15, -0.1) is 0 Å². The Morgan fingerprint density at radius 2 is 2.00 bits per heavy atom. The number of benzene rings is 1. The number of hydrogen-bond acceptors (Lipinski definition) is 2. The van der Waals surface area contributed by atoms with Crippen molar-refractivity contribution in [3.05, 3.63) is 35.9 Å². The molecule has 1 heterocycles. The first-order valence-corrected chi connectivity index (χ1v) is 8.03. The van der Waals surface area contributed by atoms with Crippen molar-refractivity contribution in [2.45, 2.75) is 46.1 Å². The maximum Gasteiger partial charge on any atom is 0.311 e. The van der Waals surface area contributed by atoms with Crippen LogP contribution in [-0.2, 0) is 4.79 Å². The summed E-state index contributed by atoms with van der Waals surface area (Å²) in [5, 5.41) is 9.71. The standard InChI is InChI=1S/C18H27NO2/c1-4-8-16(15-9-6-5-7-10-15)19-12-11-18(13-19,14(2)3)17(20)21/h5-7,9-10,14,16H,4,8,11-13H2,1-3H3,(H,20,21). The van der Waals surface area contributed by atoms with Crippen LogP contribution in [0.15, 0.2) is 30.3 Å². The highest BCUT2D eigenvalue weighted by atomic mass is 16.4. The van der Waals surface area contributed by atoms with E-state index in [2.05, 4.69) is 36.1 Å². The maximum absolute atomic E-state index is 11.8. The predicted octanol–water partition coefficient (Wildman–Crippen LogP) is 3.96. The highest BCUT2D eigenvalue weighted by molar-refractivity contribution is 5.75. The van der Waals surface area contributed by atoms with Gasteiger partial charge in [-0.2, -0.15) is 0 Å². The van der Waals surface area contributed by atoms with Crippen LogP contribution < -0.4 is 0 Å².